The Morgan fingerprint density at radius 1 is 1.44 bits per heavy atom. The van der Waals surface area contributed by atoms with Gasteiger partial charge in [0.25, 0.3) is 5.91 Å². The molecule has 0 aliphatic carbocycles. The summed E-state index contributed by atoms with van der Waals surface area (Å²) < 4.78 is 0.749. The van der Waals surface area contributed by atoms with Gasteiger partial charge in [-0.2, -0.15) is 5.26 Å². The van der Waals surface area contributed by atoms with Crippen LogP contribution in [0.2, 0.25) is 0 Å². The molecule has 1 N–H and O–H groups in total. The molecule has 0 heterocycles. The molecule has 0 saturated heterocycles. The molecule has 0 atom stereocenters. The molecule has 0 bridgehead atoms. The number of nitriles is 1. The Morgan fingerprint density at radius 3 is 2.50 bits per heavy atom. The van der Waals surface area contributed by atoms with Gasteiger partial charge in [-0.3, -0.25) is 4.79 Å². The third-order valence-corrected chi connectivity index (χ3v) is 3.80. The van der Waals surface area contributed by atoms with E-state index in [-0.39, 0.29) is 5.91 Å². The van der Waals surface area contributed by atoms with E-state index in [2.05, 4.69) is 27.3 Å². The van der Waals surface area contributed by atoms with Gasteiger partial charge in [-0.15, -0.1) is 0 Å². The van der Waals surface area contributed by atoms with Gasteiger partial charge in [0.05, 0.1) is 11.6 Å². The van der Waals surface area contributed by atoms with Crippen LogP contribution in [0.5, 0.6) is 0 Å². The zero-order valence-corrected chi connectivity index (χ0v) is 12.5. The number of amides is 1. The highest BCUT2D eigenvalue weighted by Crippen LogP contribution is 2.20. The lowest BCUT2D eigenvalue weighted by Gasteiger charge is -2.25. The van der Waals surface area contributed by atoms with E-state index in [1.165, 1.54) is 0 Å². The molecule has 0 aliphatic heterocycles. The summed E-state index contributed by atoms with van der Waals surface area (Å²) in [7, 11) is 0. The fourth-order valence-corrected chi connectivity index (χ4v) is 2.38. The predicted molar refractivity (Wildman–Crippen MR) is 75.3 cm³/mol. The lowest BCUT2D eigenvalue weighted by atomic mass is 9.94. The maximum atomic E-state index is 12.2. The van der Waals surface area contributed by atoms with Crippen LogP contribution >= 0.6 is 15.9 Å². The van der Waals surface area contributed by atoms with Gasteiger partial charge in [-0.05, 0) is 53.4 Å². The molecule has 0 unspecified atom stereocenters. The second-order valence-corrected chi connectivity index (χ2v) is 5.19. The van der Waals surface area contributed by atoms with Crippen LogP contribution in [0.15, 0.2) is 22.7 Å². The summed E-state index contributed by atoms with van der Waals surface area (Å²) in [4.78, 5) is 12.2. The monoisotopic (exact) mass is 308 g/mol. The number of halogens is 1. The SMILES string of the molecule is CCC(C#N)(CC)NC(=O)c1ccc(C)cc1Br. The second kappa shape index (κ2) is 6.01. The average Bonchev–Trinajstić information content (AvgIpc) is 2.36. The molecule has 96 valence electrons. The van der Waals surface area contributed by atoms with Crippen LogP contribution in [0, 0.1) is 18.3 Å². The lowest BCUT2D eigenvalue weighted by Crippen LogP contribution is -2.46. The Morgan fingerprint density at radius 2 is 2.06 bits per heavy atom. The highest BCUT2D eigenvalue weighted by Gasteiger charge is 2.28. The third kappa shape index (κ3) is 3.11. The van der Waals surface area contributed by atoms with Crippen molar-refractivity contribution < 1.29 is 4.79 Å². The van der Waals surface area contributed by atoms with Crippen molar-refractivity contribution in [2.75, 3.05) is 0 Å². The second-order valence-electron chi connectivity index (χ2n) is 4.34. The number of carbonyl (C=O) groups excluding carboxylic acids is 1. The minimum atomic E-state index is -0.776. The summed E-state index contributed by atoms with van der Waals surface area (Å²) in [6.07, 6.45) is 1.18. The van der Waals surface area contributed by atoms with Crippen LogP contribution in [0.4, 0.5) is 0 Å². The highest BCUT2D eigenvalue weighted by atomic mass is 79.9. The van der Waals surface area contributed by atoms with E-state index < -0.39 is 5.54 Å². The van der Waals surface area contributed by atoms with Gasteiger partial charge in [0.15, 0.2) is 0 Å². The van der Waals surface area contributed by atoms with E-state index in [4.69, 9.17) is 0 Å². The number of hydrogen-bond donors (Lipinski definition) is 1. The molecule has 1 amide bonds. The molecule has 18 heavy (non-hydrogen) atoms. The number of hydrogen-bond acceptors (Lipinski definition) is 2. The number of carbonyl (C=O) groups is 1. The topological polar surface area (TPSA) is 52.9 Å². The van der Waals surface area contributed by atoms with Gasteiger partial charge in [0.2, 0.25) is 0 Å². The zero-order valence-electron chi connectivity index (χ0n) is 10.9. The van der Waals surface area contributed by atoms with Crippen molar-refractivity contribution in [3.63, 3.8) is 0 Å². The number of rotatable bonds is 4. The Hall–Kier alpha value is -1.34. The van der Waals surface area contributed by atoms with Gasteiger partial charge in [0, 0.05) is 4.47 Å². The van der Waals surface area contributed by atoms with Gasteiger partial charge in [-0.25, -0.2) is 0 Å². The minimum absolute atomic E-state index is 0.216. The van der Waals surface area contributed by atoms with Crippen molar-refractivity contribution in [1.29, 1.82) is 5.26 Å². The third-order valence-electron chi connectivity index (χ3n) is 3.14. The van der Waals surface area contributed by atoms with E-state index in [0.29, 0.717) is 18.4 Å². The molecule has 0 radical (unpaired) electrons. The summed E-state index contributed by atoms with van der Waals surface area (Å²) in [5.74, 6) is -0.216. The first-order chi connectivity index (χ1) is 8.48. The number of benzene rings is 1. The van der Waals surface area contributed by atoms with Crippen molar-refractivity contribution in [1.82, 2.24) is 5.32 Å². The molecular weight excluding hydrogens is 292 g/mol. The molecule has 0 saturated carbocycles. The van der Waals surface area contributed by atoms with Crippen molar-refractivity contribution >= 4 is 21.8 Å². The molecule has 1 aromatic carbocycles. The molecule has 0 aromatic heterocycles. The van der Waals surface area contributed by atoms with Crippen LogP contribution < -0.4 is 5.32 Å². The lowest BCUT2D eigenvalue weighted by molar-refractivity contribution is 0.0915. The molecule has 3 nitrogen and oxygen atoms in total. The van der Waals surface area contributed by atoms with Crippen molar-refractivity contribution in [2.45, 2.75) is 39.2 Å². The molecule has 1 aromatic rings. The molecule has 0 aliphatic rings. The molecule has 1 rings (SSSR count). The van der Waals surface area contributed by atoms with Gasteiger partial charge in [0.1, 0.15) is 5.54 Å². The summed E-state index contributed by atoms with van der Waals surface area (Å²) in [6.45, 7) is 5.76. The Bertz CT molecular complexity index is 487. The van der Waals surface area contributed by atoms with Crippen LogP contribution in [0.25, 0.3) is 0 Å². The smallest absolute Gasteiger partial charge is 0.253 e. The van der Waals surface area contributed by atoms with Crippen molar-refractivity contribution in [3.05, 3.63) is 33.8 Å². The summed E-state index contributed by atoms with van der Waals surface area (Å²) >= 11 is 3.38. The van der Waals surface area contributed by atoms with Gasteiger partial charge < -0.3 is 5.32 Å². The van der Waals surface area contributed by atoms with Gasteiger partial charge in [-0.1, -0.05) is 19.9 Å². The first-order valence-corrected chi connectivity index (χ1v) is 6.77. The highest BCUT2D eigenvalue weighted by molar-refractivity contribution is 9.10. The van der Waals surface area contributed by atoms with Crippen molar-refractivity contribution in [2.24, 2.45) is 0 Å². The maximum Gasteiger partial charge on any atom is 0.253 e. The van der Waals surface area contributed by atoms with Crippen LogP contribution in [-0.2, 0) is 0 Å². The van der Waals surface area contributed by atoms with Crippen LogP contribution in [-0.4, -0.2) is 11.4 Å². The Balaban J connectivity index is 2.99. The fourth-order valence-electron chi connectivity index (χ4n) is 1.70. The summed E-state index contributed by atoms with van der Waals surface area (Å²) in [6, 6.07) is 7.74. The van der Waals surface area contributed by atoms with Gasteiger partial charge >= 0.3 is 0 Å². The summed E-state index contributed by atoms with van der Waals surface area (Å²) in [5, 5.41) is 12.0. The Kier molecular flexibility index (Phi) is 4.92. The fraction of sp³-hybridized carbons (Fsp3) is 0.429. The number of aryl methyl sites for hydroxylation is 1. The normalized spacial score (nSPS) is 10.8. The van der Waals surface area contributed by atoms with E-state index >= 15 is 0 Å². The van der Waals surface area contributed by atoms with E-state index in [1.807, 2.05) is 32.9 Å². The zero-order chi connectivity index (χ0) is 13.8. The average molecular weight is 309 g/mol. The minimum Gasteiger partial charge on any atom is -0.334 e. The number of nitrogens with zero attached hydrogens (tertiary/aromatic N) is 1. The van der Waals surface area contributed by atoms with E-state index in [9.17, 15) is 10.1 Å². The molecule has 4 heteroatoms. The number of nitrogens with one attached hydrogen (secondary N) is 1. The predicted octanol–water partition coefficient (Wildman–Crippen LogP) is 3.57. The molecule has 0 spiro atoms. The summed E-state index contributed by atoms with van der Waals surface area (Å²) in [5.41, 5.74) is 0.861. The largest absolute Gasteiger partial charge is 0.334 e. The van der Waals surface area contributed by atoms with E-state index in [0.717, 1.165) is 10.0 Å². The molecular formula is C14H17BrN2O. The standard InChI is InChI=1S/C14H17BrN2O/c1-4-14(5-2,9-16)17-13(18)11-7-6-10(3)8-12(11)15/h6-8H,4-5H2,1-3H3,(H,17,18). The molecule has 0 fully saturated rings. The van der Waals surface area contributed by atoms with Crippen LogP contribution in [0.3, 0.4) is 0 Å². The van der Waals surface area contributed by atoms with Crippen molar-refractivity contribution in [3.8, 4) is 6.07 Å². The Labute approximate surface area is 116 Å². The quantitative estimate of drug-likeness (QED) is 0.924. The maximum absolute atomic E-state index is 12.2. The first-order valence-electron chi connectivity index (χ1n) is 5.98. The first kappa shape index (κ1) is 14.7. The van der Waals surface area contributed by atoms with Crippen LogP contribution in [0.1, 0.15) is 42.6 Å². The van der Waals surface area contributed by atoms with E-state index in [1.54, 1.807) is 6.07 Å².